The van der Waals surface area contributed by atoms with Crippen LogP contribution in [0.25, 0.3) is 0 Å². The first-order chi connectivity index (χ1) is 8.48. The number of unbranched alkanes of at least 4 members (excludes halogenated alkanes) is 1. The maximum Gasteiger partial charge on any atom is 0.160 e. The third-order valence-corrected chi connectivity index (χ3v) is 4.21. The summed E-state index contributed by atoms with van der Waals surface area (Å²) in [4.78, 5) is 1.02. The van der Waals surface area contributed by atoms with Gasteiger partial charge in [-0.2, -0.15) is 0 Å². The molecule has 0 aliphatic rings. The molecule has 0 saturated heterocycles. The van der Waals surface area contributed by atoms with Gasteiger partial charge in [-0.15, -0.1) is 11.8 Å². The van der Waals surface area contributed by atoms with Crippen molar-refractivity contribution in [2.24, 2.45) is 5.73 Å². The highest BCUT2D eigenvalue weighted by Crippen LogP contribution is 2.32. The van der Waals surface area contributed by atoms with Crippen LogP contribution in [0.1, 0.15) is 26.2 Å². The summed E-state index contributed by atoms with van der Waals surface area (Å²) in [7, 11) is 3.63. The number of ether oxygens (including phenoxy) is 1. The Hall–Kier alpha value is -0.805. The predicted molar refractivity (Wildman–Crippen MR) is 80.4 cm³/mol. The molecule has 1 atom stereocenters. The number of benzene rings is 1. The molecule has 0 aliphatic heterocycles. The lowest BCUT2D eigenvalue weighted by atomic mass is 9.76. The maximum atomic E-state index is 9.69. The molecular weight excluding hydrogens is 245 g/mol. The molecule has 3 nitrogen and oxygen atoms in total. The van der Waals surface area contributed by atoms with Gasteiger partial charge in [-0.25, -0.2) is 0 Å². The Morgan fingerprint density at radius 1 is 1.50 bits per heavy atom. The summed E-state index contributed by atoms with van der Waals surface area (Å²) in [5.41, 5.74) is 6.08. The summed E-state index contributed by atoms with van der Waals surface area (Å²) in [5, 5.41) is 9.69. The molecule has 0 aliphatic carbocycles. The number of aromatic hydroxyl groups is 1. The van der Waals surface area contributed by atoms with Gasteiger partial charge in [0.25, 0.3) is 0 Å². The van der Waals surface area contributed by atoms with E-state index >= 15 is 0 Å². The minimum Gasteiger partial charge on any atom is -0.504 e. The average Bonchev–Trinajstić information content (AvgIpc) is 2.34. The third kappa shape index (κ3) is 4.82. The summed E-state index contributed by atoms with van der Waals surface area (Å²) in [6.07, 6.45) is 3.35. The normalized spacial score (nSPS) is 14.2. The minimum absolute atomic E-state index is 0.157. The molecule has 0 fully saturated rings. The number of hydrogen-bond acceptors (Lipinski definition) is 4. The minimum atomic E-state index is -0.157. The lowest BCUT2D eigenvalue weighted by Gasteiger charge is -2.24. The first-order valence-electron chi connectivity index (χ1n) is 6.27. The molecule has 0 heterocycles. The zero-order valence-electron chi connectivity index (χ0n) is 11.4. The van der Waals surface area contributed by atoms with E-state index < -0.39 is 0 Å². The van der Waals surface area contributed by atoms with Gasteiger partial charge in [-0.1, -0.05) is 19.8 Å². The van der Waals surface area contributed by atoms with E-state index in [1.165, 1.54) is 6.42 Å². The highest BCUT2D eigenvalue weighted by atomic mass is 32.2. The number of methoxy groups -OCH3 is 1. The topological polar surface area (TPSA) is 55.5 Å². The number of nitrogens with two attached hydrogens (primary N) is 1. The molecule has 5 heteroatoms. The summed E-state index contributed by atoms with van der Waals surface area (Å²) >= 11 is 1.67. The fraction of sp³-hybridized carbons (Fsp3) is 0.538. The van der Waals surface area contributed by atoms with Crippen LogP contribution in [0.15, 0.2) is 23.1 Å². The molecule has 1 rings (SSSR count). The maximum absolute atomic E-state index is 9.69. The summed E-state index contributed by atoms with van der Waals surface area (Å²) in [6.45, 7) is 2.17. The number of thioether (sulfide) groups is 1. The Balaban J connectivity index is 2.55. The molecule has 0 aromatic heterocycles. The van der Waals surface area contributed by atoms with Crippen LogP contribution in [-0.2, 0) is 0 Å². The van der Waals surface area contributed by atoms with Gasteiger partial charge in [0, 0.05) is 10.6 Å². The van der Waals surface area contributed by atoms with E-state index in [-0.39, 0.29) is 11.2 Å². The smallest absolute Gasteiger partial charge is 0.160 e. The van der Waals surface area contributed by atoms with Crippen LogP contribution < -0.4 is 10.5 Å². The fourth-order valence-electron chi connectivity index (χ4n) is 1.66. The van der Waals surface area contributed by atoms with Gasteiger partial charge >= 0.3 is 0 Å². The average molecular weight is 267 g/mol. The Morgan fingerprint density at radius 3 is 2.78 bits per heavy atom. The van der Waals surface area contributed by atoms with Gasteiger partial charge in [-0.3, -0.25) is 0 Å². The second kappa shape index (κ2) is 6.95. The summed E-state index contributed by atoms with van der Waals surface area (Å²) < 4.78 is 5.01. The lowest BCUT2D eigenvalue weighted by molar-refractivity contribution is 0.372. The Morgan fingerprint density at radius 2 is 2.22 bits per heavy atom. The van der Waals surface area contributed by atoms with Crippen molar-refractivity contribution in [3.63, 3.8) is 0 Å². The van der Waals surface area contributed by atoms with Gasteiger partial charge in [0.2, 0.25) is 0 Å². The molecule has 0 amide bonds. The highest BCUT2D eigenvalue weighted by molar-refractivity contribution is 7.99. The van der Waals surface area contributed by atoms with E-state index in [2.05, 4.69) is 14.8 Å². The Labute approximate surface area is 115 Å². The van der Waals surface area contributed by atoms with Crippen molar-refractivity contribution < 1.29 is 9.84 Å². The van der Waals surface area contributed by atoms with Gasteiger partial charge in [0.15, 0.2) is 11.5 Å². The first-order valence-corrected chi connectivity index (χ1v) is 7.26. The second-order valence-electron chi connectivity index (χ2n) is 4.88. The van der Waals surface area contributed by atoms with Crippen LogP contribution in [0.5, 0.6) is 11.5 Å². The predicted octanol–water partition coefficient (Wildman–Crippen LogP) is 1.97. The van der Waals surface area contributed by atoms with Gasteiger partial charge in [0.05, 0.1) is 7.11 Å². The SMILES string of the molecule is B[C@@](N)(CCCC)CSc1ccc(OC)c(O)c1. The molecule has 3 N–H and O–H groups in total. The molecule has 1 aromatic carbocycles. The largest absolute Gasteiger partial charge is 0.504 e. The Bertz CT molecular complexity index is 385. The molecule has 0 spiro atoms. The van der Waals surface area contributed by atoms with Crippen molar-refractivity contribution in [1.29, 1.82) is 0 Å². The van der Waals surface area contributed by atoms with E-state index in [0.29, 0.717) is 5.75 Å². The molecule has 0 saturated carbocycles. The van der Waals surface area contributed by atoms with Crippen LogP contribution in [0, 0.1) is 0 Å². The number of phenols is 1. The monoisotopic (exact) mass is 267 g/mol. The van der Waals surface area contributed by atoms with Crippen molar-refractivity contribution >= 4 is 19.6 Å². The van der Waals surface area contributed by atoms with Crippen LogP contribution in [0.3, 0.4) is 0 Å². The lowest BCUT2D eigenvalue weighted by Crippen LogP contribution is -2.42. The molecule has 0 bridgehead atoms. The van der Waals surface area contributed by atoms with Crippen molar-refractivity contribution in [3.8, 4) is 11.5 Å². The molecule has 18 heavy (non-hydrogen) atoms. The van der Waals surface area contributed by atoms with Crippen LogP contribution in [-0.4, -0.2) is 31.3 Å². The van der Waals surface area contributed by atoms with Crippen molar-refractivity contribution in [3.05, 3.63) is 18.2 Å². The van der Waals surface area contributed by atoms with Crippen molar-refractivity contribution in [1.82, 2.24) is 0 Å². The van der Waals surface area contributed by atoms with Gasteiger partial charge < -0.3 is 15.6 Å². The van der Waals surface area contributed by atoms with Crippen LogP contribution >= 0.6 is 11.8 Å². The van der Waals surface area contributed by atoms with Crippen LogP contribution in [0.2, 0.25) is 0 Å². The highest BCUT2D eigenvalue weighted by Gasteiger charge is 2.18. The quantitative estimate of drug-likeness (QED) is 0.586. The first kappa shape index (κ1) is 15.3. The molecule has 100 valence electrons. The second-order valence-corrected chi connectivity index (χ2v) is 5.93. The van der Waals surface area contributed by atoms with E-state index in [1.807, 2.05) is 6.07 Å². The van der Waals surface area contributed by atoms with E-state index in [4.69, 9.17) is 10.5 Å². The van der Waals surface area contributed by atoms with Crippen molar-refractivity contribution in [2.75, 3.05) is 12.9 Å². The molecular formula is C13H22BNO2S. The molecule has 0 radical (unpaired) electrons. The molecule has 0 unspecified atom stereocenters. The van der Waals surface area contributed by atoms with Gasteiger partial charge in [0.1, 0.15) is 7.85 Å². The summed E-state index contributed by atoms with van der Waals surface area (Å²) in [5.74, 6) is 1.52. The number of hydrogen-bond donors (Lipinski definition) is 2. The molecule has 1 aromatic rings. The van der Waals surface area contributed by atoms with E-state index in [1.54, 1.807) is 31.0 Å². The van der Waals surface area contributed by atoms with Crippen molar-refractivity contribution in [2.45, 2.75) is 36.5 Å². The summed E-state index contributed by atoms with van der Waals surface area (Å²) in [6, 6.07) is 5.44. The fourth-order valence-corrected chi connectivity index (χ4v) is 2.66. The van der Waals surface area contributed by atoms with E-state index in [9.17, 15) is 5.11 Å². The number of phenolic OH excluding ortho intramolecular Hbond substituents is 1. The zero-order chi connectivity index (χ0) is 13.6. The number of rotatable bonds is 7. The van der Waals surface area contributed by atoms with Gasteiger partial charge in [-0.05, 0) is 30.1 Å². The van der Waals surface area contributed by atoms with E-state index in [0.717, 1.165) is 23.5 Å². The standard InChI is InChI=1S/C13H22BNO2S/c1-3-4-7-13(14,15)9-18-10-5-6-12(17-2)11(16)8-10/h5-6,8,16H,3-4,7,9,14-15H2,1-2H3/t13-/m1/s1. The van der Waals surface area contributed by atoms with Crippen LogP contribution in [0.4, 0.5) is 0 Å². The Kier molecular flexibility index (Phi) is 5.89. The third-order valence-electron chi connectivity index (χ3n) is 2.82. The zero-order valence-corrected chi connectivity index (χ0v) is 12.2.